The summed E-state index contributed by atoms with van der Waals surface area (Å²) in [6.45, 7) is 0. The van der Waals surface area contributed by atoms with Crippen molar-refractivity contribution in [2.24, 2.45) is 22.4 Å². The van der Waals surface area contributed by atoms with Crippen LogP contribution in [0.1, 0.15) is 0 Å². The zero-order valence-electron chi connectivity index (χ0n) is 10.2. The molecule has 1 aliphatic carbocycles. The maximum Gasteiger partial charge on any atom is 0.311 e. The van der Waals surface area contributed by atoms with Crippen molar-refractivity contribution in [1.29, 1.82) is 0 Å². The van der Waals surface area contributed by atoms with Crippen molar-refractivity contribution in [2.75, 3.05) is 0 Å². The van der Waals surface area contributed by atoms with Crippen LogP contribution in [0.3, 0.4) is 0 Å². The number of hydrogen-bond acceptors (Lipinski definition) is 10. The van der Waals surface area contributed by atoms with Gasteiger partial charge in [-0.2, -0.15) is 0 Å². The van der Waals surface area contributed by atoms with Gasteiger partial charge in [0.15, 0.2) is 18.3 Å². The molecule has 9 atom stereocenters. The smallest absolute Gasteiger partial charge is 0.311 e. The van der Waals surface area contributed by atoms with Crippen molar-refractivity contribution < 1.29 is 29.9 Å². The SMILES string of the molecule is NC1=NC(O)C2C3OC4(O)OC(C3N)C(O)C2(N1)C4O. The van der Waals surface area contributed by atoms with E-state index >= 15 is 0 Å². The number of aliphatic imine (C=N–C) groups is 1. The van der Waals surface area contributed by atoms with Crippen molar-refractivity contribution in [3.63, 3.8) is 0 Å². The first-order chi connectivity index (χ1) is 9.31. The van der Waals surface area contributed by atoms with Crippen molar-refractivity contribution >= 4 is 5.96 Å². The molecule has 5 rings (SSSR count). The average molecular weight is 288 g/mol. The zero-order valence-corrected chi connectivity index (χ0v) is 10.2. The van der Waals surface area contributed by atoms with E-state index in [4.69, 9.17) is 20.9 Å². The molecule has 20 heavy (non-hydrogen) atoms. The highest BCUT2D eigenvalue weighted by Crippen LogP contribution is 2.54. The lowest BCUT2D eigenvalue weighted by molar-refractivity contribution is -0.520. The summed E-state index contributed by atoms with van der Waals surface area (Å²) < 4.78 is 10.5. The van der Waals surface area contributed by atoms with Crippen LogP contribution in [0.2, 0.25) is 0 Å². The number of nitrogens with two attached hydrogens (primary N) is 2. The van der Waals surface area contributed by atoms with E-state index in [1.165, 1.54) is 0 Å². The van der Waals surface area contributed by atoms with E-state index in [0.29, 0.717) is 0 Å². The van der Waals surface area contributed by atoms with Gasteiger partial charge in [-0.25, -0.2) is 4.99 Å². The molecule has 9 unspecified atom stereocenters. The Kier molecular flexibility index (Phi) is 2.17. The summed E-state index contributed by atoms with van der Waals surface area (Å²) in [5.74, 6) is -3.31. The van der Waals surface area contributed by atoms with E-state index in [-0.39, 0.29) is 5.96 Å². The minimum atomic E-state index is -2.30. The second-order valence-electron chi connectivity index (χ2n) is 5.73. The number of nitrogens with zero attached hydrogens (tertiary/aromatic N) is 1. The Morgan fingerprint density at radius 2 is 1.85 bits per heavy atom. The molecule has 10 nitrogen and oxygen atoms in total. The van der Waals surface area contributed by atoms with Crippen LogP contribution in [0.4, 0.5) is 0 Å². The molecule has 4 fully saturated rings. The van der Waals surface area contributed by atoms with E-state index in [1.807, 2.05) is 0 Å². The van der Waals surface area contributed by atoms with E-state index in [9.17, 15) is 20.4 Å². The molecule has 4 bridgehead atoms. The number of guanidine groups is 1. The standard InChI is InChI=1S/C10H16N4O6/c11-2-3-1-6(16)13-8(12)14-9(1)5(15)4(2)20-10(18,19-3)7(9)17/h1-7,15-18H,11H2,(H3,12,13,14). The molecular weight excluding hydrogens is 272 g/mol. The summed E-state index contributed by atoms with van der Waals surface area (Å²) in [6, 6.07) is -0.776. The molecule has 9 N–H and O–H groups in total. The van der Waals surface area contributed by atoms with Gasteiger partial charge >= 0.3 is 5.97 Å². The first-order valence-electron chi connectivity index (χ1n) is 6.30. The van der Waals surface area contributed by atoms with Crippen LogP contribution < -0.4 is 16.8 Å². The molecule has 0 aromatic carbocycles. The highest BCUT2D eigenvalue weighted by molar-refractivity contribution is 5.80. The predicted molar refractivity (Wildman–Crippen MR) is 61.7 cm³/mol. The molecule has 0 aromatic heterocycles. The van der Waals surface area contributed by atoms with Crippen LogP contribution in [0, 0.1) is 5.92 Å². The van der Waals surface area contributed by atoms with Gasteiger partial charge in [0.05, 0.1) is 18.1 Å². The van der Waals surface area contributed by atoms with Crippen LogP contribution >= 0.6 is 0 Å². The van der Waals surface area contributed by atoms with Gasteiger partial charge in [-0.15, -0.1) is 0 Å². The van der Waals surface area contributed by atoms with Crippen molar-refractivity contribution in [1.82, 2.24) is 5.32 Å². The zero-order chi connectivity index (χ0) is 14.4. The second kappa shape index (κ2) is 3.42. The average Bonchev–Trinajstić information content (AvgIpc) is 2.36. The molecule has 10 heteroatoms. The highest BCUT2D eigenvalue weighted by Gasteiger charge is 2.79. The fraction of sp³-hybridized carbons (Fsp3) is 0.900. The molecule has 3 saturated heterocycles. The van der Waals surface area contributed by atoms with E-state index in [0.717, 1.165) is 0 Å². The van der Waals surface area contributed by atoms with Gasteiger partial charge in [-0.05, 0) is 0 Å². The Labute approximate surface area is 113 Å². The molecule has 1 saturated carbocycles. The lowest BCUT2D eigenvalue weighted by Gasteiger charge is -2.69. The molecule has 4 heterocycles. The van der Waals surface area contributed by atoms with Gasteiger partial charge in [0, 0.05) is 0 Å². The number of rotatable bonds is 0. The van der Waals surface area contributed by atoms with Crippen LogP contribution in [0.15, 0.2) is 4.99 Å². The molecule has 0 amide bonds. The summed E-state index contributed by atoms with van der Waals surface area (Å²) in [4.78, 5) is 3.77. The minimum Gasteiger partial charge on any atom is -0.388 e. The Hall–Kier alpha value is -1.01. The monoisotopic (exact) mass is 288 g/mol. The maximum absolute atomic E-state index is 10.5. The van der Waals surface area contributed by atoms with Gasteiger partial charge in [0.25, 0.3) is 0 Å². The summed E-state index contributed by atoms with van der Waals surface area (Å²) in [5.41, 5.74) is 10.0. The third-order valence-corrected chi connectivity index (χ3v) is 4.81. The van der Waals surface area contributed by atoms with E-state index < -0.39 is 54.1 Å². The topological polar surface area (TPSA) is 176 Å². The van der Waals surface area contributed by atoms with Crippen LogP contribution in [-0.4, -0.2) is 74.6 Å². The van der Waals surface area contributed by atoms with Gasteiger partial charge in [0.2, 0.25) is 0 Å². The lowest BCUT2D eigenvalue weighted by atomic mass is 9.58. The number of aliphatic hydroxyl groups is 4. The molecule has 4 aliphatic heterocycles. The quantitative estimate of drug-likeness (QED) is 0.230. The van der Waals surface area contributed by atoms with Crippen LogP contribution in [0.5, 0.6) is 0 Å². The second-order valence-corrected chi connectivity index (χ2v) is 5.73. The fourth-order valence-corrected chi connectivity index (χ4v) is 3.98. The summed E-state index contributed by atoms with van der Waals surface area (Å²) >= 11 is 0. The Balaban J connectivity index is 1.92. The molecule has 0 aromatic rings. The minimum absolute atomic E-state index is 0.147. The molecular formula is C10H16N4O6. The molecule has 5 aliphatic rings. The number of ether oxygens (including phenoxy) is 2. The van der Waals surface area contributed by atoms with E-state index in [1.54, 1.807) is 0 Å². The largest absolute Gasteiger partial charge is 0.388 e. The van der Waals surface area contributed by atoms with Gasteiger partial charge < -0.3 is 46.7 Å². The van der Waals surface area contributed by atoms with Gasteiger partial charge in [0.1, 0.15) is 17.7 Å². The molecule has 1 spiro atoms. The van der Waals surface area contributed by atoms with Crippen molar-refractivity contribution in [2.45, 2.75) is 48.2 Å². The first kappa shape index (κ1) is 12.7. The number of nitrogens with one attached hydrogen (secondary N) is 1. The first-order valence-corrected chi connectivity index (χ1v) is 6.30. The van der Waals surface area contributed by atoms with Gasteiger partial charge in [-0.3, -0.25) is 0 Å². The van der Waals surface area contributed by atoms with Crippen LogP contribution in [-0.2, 0) is 9.47 Å². The molecule has 112 valence electrons. The predicted octanol–water partition coefficient (Wildman–Crippen LogP) is -4.92. The normalized spacial score (nSPS) is 63.6. The molecule has 0 radical (unpaired) electrons. The number of hydrogen-bond donors (Lipinski definition) is 7. The lowest BCUT2D eigenvalue weighted by Crippen LogP contribution is -2.93. The maximum atomic E-state index is 10.5. The summed E-state index contributed by atoms with van der Waals surface area (Å²) in [5, 5.41) is 43.9. The third kappa shape index (κ3) is 1.13. The number of aliphatic hydroxyl groups excluding tert-OH is 3. The highest BCUT2D eigenvalue weighted by atomic mass is 16.8. The Morgan fingerprint density at radius 1 is 1.20 bits per heavy atom. The Morgan fingerprint density at radius 3 is 2.55 bits per heavy atom. The van der Waals surface area contributed by atoms with Crippen molar-refractivity contribution in [3.05, 3.63) is 0 Å². The third-order valence-electron chi connectivity index (χ3n) is 4.81. The summed E-state index contributed by atoms with van der Waals surface area (Å²) in [7, 11) is 0. The summed E-state index contributed by atoms with van der Waals surface area (Å²) in [6.07, 6.45) is -6.07. The van der Waals surface area contributed by atoms with Crippen LogP contribution in [0.25, 0.3) is 0 Å². The fourth-order valence-electron chi connectivity index (χ4n) is 3.98. The Bertz CT molecular complexity index is 504. The van der Waals surface area contributed by atoms with Gasteiger partial charge in [-0.1, -0.05) is 0 Å². The van der Waals surface area contributed by atoms with Crippen molar-refractivity contribution in [3.8, 4) is 0 Å². The van der Waals surface area contributed by atoms with E-state index in [2.05, 4.69) is 10.3 Å².